The molecule has 5 rings (SSSR count). The Labute approximate surface area is 222 Å². The fourth-order valence-corrected chi connectivity index (χ4v) is 4.57. The Morgan fingerprint density at radius 3 is 2.32 bits per heavy atom. The van der Waals surface area contributed by atoms with E-state index in [1.54, 1.807) is 61.7 Å². The molecule has 1 N–H and O–H groups in total. The van der Waals surface area contributed by atoms with Crippen LogP contribution in [0.1, 0.15) is 16.6 Å². The summed E-state index contributed by atoms with van der Waals surface area (Å²) in [6.45, 7) is 1.29. The van der Waals surface area contributed by atoms with Gasteiger partial charge in [0.25, 0.3) is 5.91 Å². The Balaban J connectivity index is 1.64. The van der Waals surface area contributed by atoms with Crippen LogP contribution in [-0.4, -0.2) is 28.8 Å². The molecule has 9 heteroatoms. The third-order valence-electron chi connectivity index (χ3n) is 5.68. The maximum Gasteiger partial charge on any atom is 0.309 e. The van der Waals surface area contributed by atoms with Gasteiger partial charge in [-0.25, -0.2) is 4.39 Å². The van der Waals surface area contributed by atoms with Gasteiger partial charge in [0.2, 0.25) is 5.88 Å². The van der Waals surface area contributed by atoms with Crippen LogP contribution in [0.4, 0.5) is 10.1 Å². The van der Waals surface area contributed by atoms with E-state index in [0.717, 1.165) is 5.56 Å². The number of carbonyl (C=O) groups is 2. The molecule has 0 saturated carbocycles. The van der Waals surface area contributed by atoms with Gasteiger partial charge in [-0.1, -0.05) is 24.3 Å². The average Bonchev–Trinajstić information content (AvgIpc) is 3.58. The molecule has 0 radical (unpaired) electrons. The number of halogens is 1. The van der Waals surface area contributed by atoms with Gasteiger partial charge < -0.3 is 14.8 Å². The molecular weight excluding hydrogens is 505 g/mol. The highest BCUT2D eigenvalue weighted by molar-refractivity contribution is 7.12. The van der Waals surface area contributed by atoms with E-state index in [1.165, 1.54) is 35.1 Å². The van der Waals surface area contributed by atoms with Crippen LogP contribution in [0.25, 0.3) is 28.1 Å². The topological polar surface area (TPSA) is 82.4 Å². The summed E-state index contributed by atoms with van der Waals surface area (Å²) in [5.41, 5.74) is 3.46. The van der Waals surface area contributed by atoms with Gasteiger partial charge in [-0.3, -0.25) is 9.59 Å². The lowest BCUT2D eigenvalue weighted by Crippen LogP contribution is -2.10. The summed E-state index contributed by atoms with van der Waals surface area (Å²) in [5, 5.41) is 9.46. The lowest BCUT2D eigenvalue weighted by Gasteiger charge is -2.10. The summed E-state index contributed by atoms with van der Waals surface area (Å²) in [6, 6.07) is 23.8. The Bertz CT molecular complexity index is 1590. The Morgan fingerprint density at radius 2 is 1.68 bits per heavy atom. The molecule has 2 heterocycles. The van der Waals surface area contributed by atoms with Crippen molar-refractivity contribution in [3.63, 3.8) is 0 Å². The highest BCUT2D eigenvalue weighted by Crippen LogP contribution is 2.41. The first-order chi connectivity index (χ1) is 18.4. The van der Waals surface area contributed by atoms with E-state index >= 15 is 0 Å². The van der Waals surface area contributed by atoms with Crippen molar-refractivity contribution in [2.24, 2.45) is 0 Å². The van der Waals surface area contributed by atoms with Crippen molar-refractivity contribution in [1.29, 1.82) is 0 Å². The molecular formula is C29H22FN3O4S. The molecule has 0 bridgehead atoms. The van der Waals surface area contributed by atoms with Crippen LogP contribution in [0.3, 0.4) is 0 Å². The molecule has 3 aromatic carbocycles. The Morgan fingerprint density at radius 1 is 0.947 bits per heavy atom. The number of thiophene rings is 1. The molecule has 0 aliphatic rings. The van der Waals surface area contributed by atoms with Crippen LogP contribution in [0.15, 0.2) is 90.3 Å². The number of anilines is 1. The zero-order valence-corrected chi connectivity index (χ0v) is 21.3. The average molecular weight is 528 g/mol. The molecule has 7 nitrogen and oxygen atoms in total. The SMILES string of the molecule is COc1ccc(-c2nn(-c3cccc(F)c3)c(OC(C)=O)c2-c2ccc(NC(=O)c3cccs3)cc2)cc1. The van der Waals surface area contributed by atoms with Crippen LogP contribution in [0.5, 0.6) is 11.6 Å². The number of methoxy groups -OCH3 is 1. The number of hydrogen-bond acceptors (Lipinski definition) is 6. The van der Waals surface area contributed by atoms with Crippen molar-refractivity contribution in [3.8, 4) is 39.7 Å². The molecule has 0 fully saturated rings. The molecule has 5 aromatic rings. The fourth-order valence-electron chi connectivity index (χ4n) is 3.95. The van der Waals surface area contributed by atoms with Gasteiger partial charge in [-0.2, -0.15) is 9.78 Å². The molecule has 0 aliphatic heterocycles. The van der Waals surface area contributed by atoms with E-state index in [9.17, 15) is 14.0 Å². The van der Waals surface area contributed by atoms with Crippen LogP contribution < -0.4 is 14.8 Å². The van der Waals surface area contributed by atoms with E-state index in [4.69, 9.17) is 14.6 Å². The smallest absolute Gasteiger partial charge is 0.309 e. The quantitative estimate of drug-likeness (QED) is 0.241. The van der Waals surface area contributed by atoms with Crippen molar-refractivity contribution < 1.29 is 23.5 Å². The van der Waals surface area contributed by atoms with Crippen molar-refractivity contribution in [3.05, 3.63) is 101 Å². The molecule has 0 unspecified atom stereocenters. The van der Waals surface area contributed by atoms with E-state index < -0.39 is 11.8 Å². The van der Waals surface area contributed by atoms with E-state index in [1.807, 2.05) is 23.6 Å². The number of benzene rings is 3. The summed E-state index contributed by atoms with van der Waals surface area (Å²) >= 11 is 1.35. The number of aromatic nitrogens is 2. The predicted molar refractivity (Wildman–Crippen MR) is 145 cm³/mol. The molecule has 0 saturated heterocycles. The van der Waals surface area contributed by atoms with Crippen LogP contribution in [0.2, 0.25) is 0 Å². The van der Waals surface area contributed by atoms with Gasteiger partial charge in [-0.05, 0) is 71.6 Å². The van der Waals surface area contributed by atoms with Gasteiger partial charge >= 0.3 is 5.97 Å². The number of amides is 1. The Hall–Kier alpha value is -4.76. The molecule has 2 aromatic heterocycles. The number of esters is 1. The second-order valence-corrected chi connectivity index (χ2v) is 9.20. The van der Waals surface area contributed by atoms with Gasteiger partial charge in [0, 0.05) is 18.2 Å². The minimum Gasteiger partial charge on any atom is -0.497 e. The summed E-state index contributed by atoms with van der Waals surface area (Å²) in [7, 11) is 1.58. The zero-order valence-electron chi connectivity index (χ0n) is 20.5. The van der Waals surface area contributed by atoms with Crippen molar-refractivity contribution >= 4 is 28.9 Å². The molecule has 0 spiro atoms. The van der Waals surface area contributed by atoms with Crippen molar-refractivity contribution in [2.75, 3.05) is 12.4 Å². The van der Waals surface area contributed by atoms with Crippen molar-refractivity contribution in [2.45, 2.75) is 6.92 Å². The first kappa shape index (κ1) is 24.9. The lowest BCUT2D eigenvalue weighted by atomic mass is 10.0. The summed E-state index contributed by atoms with van der Waals surface area (Å²) in [4.78, 5) is 25.2. The molecule has 38 heavy (non-hydrogen) atoms. The number of nitrogens with zero attached hydrogens (tertiary/aromatic N) is 2. The minimum atomic E-state index is -0.551. The maximum absolute atomic E-state index is 14.1. The molecule has 0 aliphatic carbocycles. The van der Waals surface area contributed by atoms with E-state index in [-0.39, 0.29) is 11.8 Å². The number of nitrogens with one attached hydrogen (secondary N) is 1. The summed E-state index contributed by atoms with van der Waals surface area (Å²) < 4.78 is 26.5. The van der Waals surface area contributed by atoms with Gasteiger partial charge in [0.05, 0.1) is 23.2 Å². The summed E-state index contributed by atoms with van der Waals surface area (Å²) in [6.07, 6.45) is 0. The largest absolute Gasteiger partial charge is 0.497 e. The zero-order chi connectivity index (χ0) is 26.6. The fraction of sp³-hybridized carbons (Fsp3) is 0.0690. The van der Waals surface area contributed by atoms with Gasteiger partial charge in [-0.15, -0.1) is 11.3 Å². The number of rotatable bonds is 7. The van der Waals surface area contributed by atoms with Crippen LogP contribution in [0, 0.1) is 5.82 Å². The second kappa shape index (κ2) is 10.7. The second-order valence-electron chi connectivity index (χ2n) is 8.25. The maximum atomic E-state index is 14.1. The Kier molecular flexibility index (Phi) is 7.01. The molecule has 0 atom stereocenters. The van der Waals surface area contributed by atoms with Crippen LogP contribution >= 0.6 is 11.3 Å². The normalized spacial score (nSPS) is 10.7. The number of ether oxygens (including phenoxy) is 2. The van der Waals surface area contributed by atoms with Gasteiger partial charge in [0.1, 0.15) is 17.3 Å². The third-order valence-corrected chi connectivity index (χ3v) is 6.54. The van der Waals surface area contributed by atoms with Crippen LogP contribution in [-0.2, 0) is 4.79 Å². The minimum absolute atomic E-state index is 0.143. The third kappa shape index (κ3) is 5.18. The molecule has 1 amide bonds. The highest BCUT2D eigenvalue weighted by Gasteiger charge is 2.25. The van der Waals surface area contributed by atoms with Gasteiger partial charge in [0.15, 0.2) is 0 Å². The first-order valence-electron chi connectivity index (χ1n) is 11.6. The highest BCUT2D eigenvalue weighted by atomic mass is 32.1. The predicted octanol–water partition coefficient (Wildman–Crippen LogP) is 6.59. The van der Waals surface area contributed by atoms with E-state index in [2.05, 4.69) is 5.32 Å². The number of hydrogen-bond donors (Lipinski definition) is 1. The molecule has 190 valence electrons. The number of carbonyl (C=O) groups excluding carboxylic acids is 2. The van der Waals surface area contributed by atoms with Crippen molar-refractivity contribution in [1.82, 2.24) is 9.78 Å². The lowest BCUT2D eigenvalue weighted by molar-refractivity contribution is -0.132. The first-order valence-corrected chi connectivity index (χ1v) is 12.5. The monoisotopic (exact) mass is 527 g/mol. The standard InChI is InChI=1S/C29H22FN3O4S/c1-18(34)37-29-26(19-8-12-22(13-9-19)31-28(35)25-7-4-16-38-25)27(20-10-14-24(36-2)15-11-20)32-33(29)23-6-3-5-21(30)17-23/h3-17H,1-2H3,(H,31,35). The summed E-state index contributed by atoms with van der Waals surface area (Å²) in [5.74, 6) is -0.392. The van der Waals surface area contributed by atoms with E-state index in [0.29, 0.717) is 38.8 Å².